The first-order valence-electron chi connectivity index (χ1n) is 5.81. The van der Waals surface area contributed by atoms with Gasteiger partial charge in [0.15, 0.2) is 0 Å². The minimum absolute atomic E-state index is 0.145. The number of aryl methyl sites for hydroxylation is 1. The Kier molecular flexibility index (Phi) is 4.05. The molecule has 0 aliphatic carbocycles. The molecule has 0 radical (unpaired) electrons. The van der Waals surface area contributed by atoms with Crippen molar-refractivity contribution in [2.45, 2.75) is 13.5 Å². The minimum atomic E-state index is -0.682. The van der Waals surface area contributed by atoms with Crippen LogP contribution in [-0.2, 0) is 11.3 Å². The zero-order chi connectivity index (χ0) is 14.7. The van der Waals surface area contributed by atoms with Gasteiger partial charge < -0.3 is 5.32 Å². The van der Waals surface area contributed by atoms with Crippen LogP contribution in [0, 0.1) is 6.92 Å². The van der Waals surface area contributed by atoms with Crippen molar-refractivity contribution < 1.29 is 4.79 Å². The lowest BCUT2D eigenvalue weighted by Gasteiger charge is -2.07. The third-order valence-corrected chi connectivity index (χ3v) is 2.85. The summed E-state index contributed by atoms with van der Waals surface area (Å²) in [6, 6.07) is 7.27. The second-order valence-corrected chi connectivity index (χ2v) is 4.69. The van der Waals surface area contributed by atoms with Crippen LogP contribution in [0.15, 0.2) is 40.1 Å². The molecule has 2 aromatic rings. The number of H-pyrrole nitrogens is 1. The monoisotopic (exact) mass is 293 g/mol. The van der Waals surface area contributed by atoms with Crippen molar-refractivity contribution >= 4 is 23.2 Å². The summed E-state index contributed by atoms with van der Waals surface area (Å²) < 4.78 is 1.04. The number of rotatable bonds is 3. The number of aromatic nitrogens is 2. The Bertz CT molecular complexity index is 764. The van der Waals surface area contributed by atoms with Gasteiger partial charge in [-0.15, -0.1) is 0 Å². The SMILES string of the molecule is Cc1cccc(NC(=O)Cn2cc(Cl)c(=O)[nH]c2=O)c1. The van der Waals surface area contributed by atoms with Gasteiger partial charge >= 0.3 is 5.69 Å². The first-order chi connectivity index (χ1) is 9.45. The summed E-state index contributed by atoms with van der Waals surface area (Å²) in [6.07, 6.45) is 1.14. The molecule has 20 heavy (non-hydrogen) atoms. The summed E-state index contributed by atoms with van der Waals surface area (Å²) >= 11 is 5.62. The maximum atomic E-state index is 11.8. The van der Waals surface area contributed by atoms with E-state index in [0.717, 1.165) is 16.3 Å². The molecule has 0 spiro atoms. The Hall–Kier alpha value is -2.34. The number of carbonyl (C=O) groups is 1. The molecule has 1 aromatic carbocycles. The van der Waals surface area contributed by atoms with Gasteiger partial charge in [-0.1, -0.05) is 23.7 Å². The summed E-state index contributed by atoms with van der Waals surface area (Å²) in [5.74, 6) is -0.388. The molecule has 104 valence electrons. The van der Waals surface area contributed by atoms with Crippen molar-refractivity contribution in [2.24, 2.45) is 0 Å². The molecule has 0 bridgehead atoms. The molecular weight excluding hydrogens is 282 g/mol. The fraction of sp³-hybridized carbons (Fsp3) is 0.154. The second kappa shape index (κ2) is 5.75. The normalized spacial score (nSPS) is 10.3. The molecule has 0 saturated heterocycles. The molecule has 7 heteroatoms. The molecule has 2 N–H and O–H groups in total. The van der Waals surface area contributed by atoms with E-state index in [1.165, 1.54) is 0 Å². The Morgan fingerprint density at radius 1 is 1.40 bits per heavy atom. The summed E-state index contributed by atoms with van der Waals surface area (Å²) in [5.41, 5.74) is 0.288. The van der Waals surface area contributed by atoms with Gasteiger partial charge in [-0.2, -0.15) is 0 Å². The average molecular weight is 294 g/mol. The van der Waals surface area contributed by atoms with Gasteiger partial charge in [0.2, 0.25) is 5.91 Å². The highest BCUT2D eigenvalue weighted by Gasteiger charge is 2.07. The molecule has 2 rings (SSSR count). The van der Waals surface area contributed by atoms with E-state index in [0.29, 0.717) is 5.69 Å². The molecule has 0 aliphatic rings. The predicted molar refractivity (Wildman–Crippen MR) is 76.1 cm³/mol. The number of amides is 1. The number of carbonyl (C=O) groups excluding carboxylic acids is 1. The molecule has 0 unspecified atom stereocenters. The molecule has 1 aromatic heterocycles. The van der Waals surface area contributed by atoms with E-state index in [4.69, 9.17) is 11.6 Å². The second-order valence-electron chi connectivity index (χ2n) is 4.28. The average Bonchev–Trinajstić information content (AvgIpc) is 2.36. The number of nitrogens with one attached hydrogen (secondary N) is 2. The number of hydrogen-bond donors (Lipinski definition) is 2. The lowest BCUT2D eigenvalue weighted by Crippen LogP contribution is -2.33. The van der Waals surface area contributed by atoms with E-state index >= 15 is 0 Å². The zero-order valence-corrected chi connectivity index (χ0v) is 11.4. The Morgan fingerprint density at radius 3 is 2.85 bits per heavy atom. The van der Waals surface area contributed by atoms with Crippen molar-refractivity contribution in [3.8, 4) is 0 Å². The van der Waals surface area contributed by atoms with Crippen molar-refractivity contribution in [1.82, 2.24) is 9.55 Å². The third-order valence-electron chi connectivity index (χ3n) is 2.58. The van der Waals surface area contributed by atoms with Crippen LogP contribution in [0.4, 0.5) is 5.69 Å². The molecule has 0 atom stereocenters. The van der Waals surface area contributed by atoms with Gasteiger partial charge in [0.25, 0.3) is 5.56 Å². The number of aromatic amines is 1. The van der Waals surface area contributed by atoms with Gasteiger partial charge in [-0.25, -0.2) is 4.79 Å². The lowest BCUT2D eigenvalue weighted by molar-refractivity contribution is -0.116. The fourth-order valence-corrected chi connectivity index (χ4v) is 1.84. The van der Waals surface area contributed by atoms with Crippen LogP contribution in [0.3, 0.4) is 0 Å². The highest BCUT2D eigenvalue weighted by Crippen LogP contribution is 2.09. The number of anilines is 1. The minimum Gasteiger partial charge on any atom is -0.325 e. The smallest absolute Gasteiger partial charge is 0.325 e. The summed E-state index contributed by atoms with van der Waals surface area (Å²) in [4.78, 5) is 36.5. The first-order valence-corrected chi connectivity index (χ1v) is 6.19. The van der Waals surface area contributed by atoms with Crippen LogP contribution in [-0.4, -0.2) is 15.5 Å². The fourth-order valence-electron chi connectivity index (χ4n) is 1.68. The van der Waals surface area contributed by atoms with Crippen molar-refractivity contribution in [3.05, 3.63) is 61.9 Å². The molecule has 0 aliphatic heterocycles. The maximum absolute atomic E-state index is 11.8. The Morgan fingerprint density at radius 2 is 2.15 bits per heavy atom. The van der Waals surface area contributed by atoms with Crippen molar-refractivity contribution in [2.75, 3.05) is 5.32 Å². The first kappa shape index (κ1) is 14.1. The van der Waals surface area contributed by atoms with Crippen LogP contribution in [0.2, 0.25) is 5.02 Å². The predicted octanol–water partition coefficient (Wildman–Crippen LogP) is 1.14. The van der Waals surface area contributed by atoms with Gasteiger partial charge in [0.05, 0.1) is 0 Å². The van der Waals surface area contributed by atoms with Crippen LogP contribution < -0.4 is 16.6 Å². The number of nitrogens with zero attached hydrogens (tertiary/aromatic N) is 1. The number of benzene rings is 1. The summed E-state index contributed by atoms with van der Waals surface area (Å²) in [7, 11) is 0. The van der Waals surface area contributed by atoms with Crippen LogP contribution in [0.5, 0.6) is 0 Å². The lowest BCUT2D eigenvalue weighted by atomic mass is 10.2. The topological polar surface area (TPSA) is 84.0 Å². The van der Waals surface area contributed by atoms with Crippen molar-refractivity contribution in [3.63, 3.8) is 0 Å². The molecule has 1 heterocycles. The molecule has 6 nitrogen and oxygen atoms in total. The molecule has 1 amide bonds. The van der Waals surface area contributed by atoms with Gasteiger partial charge in [-0.3, -0.25) is 19.1 Å². The van der Waals surface area contributed by atoms with Crippen LogP contribution in [0.25, 0.3) is 0 Å². The summed E-state index contributed by atoms with van der Waals surface area (Å²) in [5, 5.41) is 2.51. The van der Waals surface area contributed by atoms with E-state index in [9.17, 15) is 14.4 Å². The highest BCUT2D eigenvalue weighted by molar-refractivity contribution is 6.30. The van der Waals surface area contributed by atoms with E-state index in [-0.39, 0.29) is 17.5 Å². The maximum Gasteiger partial charge on any atom is 0.328 e. The number of hydrogen-bond acceptors (Lipinski definition) is 3. The number of halogens is 1. The Labute approximate surface area is 119 Å². The highest BCUT2D eigenvalue weighted by atomic mass is 35.5. The Balaban J connectivity index is 2.15. The van der Waals surface area contributed by atoms with E-state index in [2.05, 4.69) is 5.32 Å². The van der Waals surface area contributed by atoms with E-state index in [1.54, 1.807) is 12.1 Å². The van der Waals surface area contributed by atoms with Crippen molar-refractivity contribution in [1.29, 1.82) is 0 Å². The van der Waals surface area contributed by atoms with Gasteiger partial charge in [0, 0.05) is 11.9 Å². The molecular formula is C13H12ClN3O3. The molecule has 0 fully saturated rings. The molecule has 0 saturated carbocycles. The van der Waals surface area contributed by atoms with E-state index < -0.39 is 11.2 Å². The van der Waals surface area contributed by atoms with Crippen LogP contribution in [0.1, 0.15) is 5.56 Å². The van der Waals surface area contributed by atoms with Gasteiger partial charge in [0.1, 0.15) is 11.6 Å². The largest absolute Gasteiger partial charge is 0.328 e. The third kappa shape index (κ3) is 3.36. The van der Waals surface area contributed by atoms with Crippen LogP contribution >= 0.6 is 11.6 Å². The standard InChI is InChI=1S/C13H12ClN3O3/c1-8-3-2-4-9(5-8)15-11(18)7-17-6-10(14)12(19)16-13(17)20/h2-6H,7H2,1H3,(H,15,18)(H,16,19,20). The van der Waals surface area contributed by atoms with E-state index in [1.807, 2.05) is 24.0 Å². The quantitative estimate of drug-likeness (QED) is 0.890. The van der Waals surface area contributed by atoms with Gasteiger partial charge in [-0.05, 0) is 24.6 Å². The zero-order valence-electron chi connectivity index (χ0n) is 10.6. The summed E-state index contributed by atoms with van der Waals surface area (Å²) in [6.45, 7) is 1.67.